The van der Waals surface area contributed by atoms with Gasteiger partial charge in [0, 0.05) is 6.54 Å². The maximum Gasteiger partial charge on any atom is 0.326 e. The molecule has 0 saturated heterocycles. The van der Waals surface area contributed by atoms with E-state index in [2.05, 4.69) is 0 Å². The Morgan fingerprint density at radius 3 is 2.59 bits per heavy atom. The third-order valence-corrected chi connectivity index (χ3v) is 2.64. The first-order valence-corrected chi connectivity index (χ1v) is 5.83. The average Bonchev–Trinajstić information content (AvgIpc) is 2.32. The number of aliphatic carboxylic acids is 1. The van der Waals surface area contributed by atoms with Crippen molar-refractivity contribution >= 4 is 11.7 Å². The quantitative estimate of drug-likeness (QED) is 0.825. The first-order valence-electron chi connectivity index (χ1n) is 5.83. The minimum absolute atomic E-state index is 0.565. The Morgan fingerprint density at radius 2 is 2.06 bits per heavy atom. The Bertz CT molecular complexity index is 379. The Hall–Kier alpha value is -1.71. The predicted molar refractivity (Wildman–Crippen MR) is 67.7 cm³/mol. The van der Waals surface area contributed by atoms with Gasteiger partial charge in [0.05, 0.1) is 12.3 Å². The molecule has 94 valence electrons. The Labute approximate surface area is 102 Å². The Kier molecular flexibility index (Phi) is 4.82. The highest BCUT2D eigenvalue weighted by atomic mass is 16.5. The second-order valence-electron chi connectivity index (χ2n) is 3.70. The summed E-state index contributed by atoms with van der Waals surface area (Å²) in [5.74, 6) is -0.108. The molecule has 0 fully saturated rings. The summed E-state index contributed by atoms with van der Waals surface area (Å²) in [4.78, 5) is 12.9. The highest BCUT2D eigenvalue weighted by molar-refractivity contribution is 5.78. The van der Waals surface area contributed by atoms with E-state index in [-0.39, 0.29) is 0 Å². The molecule has 0 aromatic heterocycles. The molecule has 4 nitrogen and oxygen atoms in total. The van der Waals surface area contributed by atoms with Crippen LogP contribution in [0.1, 0.15) is 20.8 Å². The molecule has 0 aliphatic rings. The lowest BCUT2D eigenvalue weighted by atomic mass is 10.2. The van der Waals surface area contributed by atoms with Crippen molar-refractivity contribution in [3.63, 3.8) is 0 Å². The van der Waals surface area contributed by atoms with Crippen LogP contribution in [-0.4, -0.2) is 30.3 Å². The van der Waals surface area contributed by atoms with Gasteiger partial charge in [0.2, 0.25) is 0 Å². The summed E-state index contributed by atoms with van der Waals surface area (Å²) in [6.45, 7) is 6.71. The lowest BCUT2D eigenvalue weighted by Gasteiger charge is -2.28. The van der Waals surface area contributed by atoms with Crippen LogP contribution < -0.4 is 9.64 Å². The second kappa shape index (κ2) is 6.13. The Morgan fingerprint density at radius 1 is 1.41 bits per heavy atom. The fourth-order valence-corrected chi connectivity index (χ4v) is 1.76. The van der Waals surface area contributed by atoms with E-state index in [1.165, 1.54) is 0 Å². The molecule has 0 aliphatic carbocycles. The molecule has 1 rings (SSSR count). The molecular weight excluding hydrogens is 218 g/mol. The topological polar surface area (TPSA) is 49.8 Å². The van der Waals surface area contributed by atoms with Crippen molar-refractivity contribution in [2.75, 3.05) is 18.1 Å². The summed E-state index contributed by atoms with van der Waals surface area (Å²) in [5, 5.41) is 9.08. The highest BCUT2D eigenvalue weighted by Crippen LogP contribution is 2.29. The van der Waals surface area contributed by atoms with E-state index in [1.54, 1.807) is 6.92 Å². The zero-order valence-corrected chi connectivity index (χ0v) is 10.5. The molecular formula is C13H19NO3. The van der Waals surface area contributed by atoms with Gasteiger partial charge in [-0.05, 0) is 32.9 Å². The maximum absolute atomic E-state index is 11.1. The third-order valence-electron chi connectivity index (χ3n) is 2.64. The summed E-state index contributed by atoms with van der Waals surface area (Å²) >= 11 is 0. The molecule has 1 aromatic rings. The summed E-state index contributed by atoms with van der Waals surface area (Å²) in [5.41, 5.74) is 0.826. The van der Waals surface area contributed by atoms with Crippen LogP contribution in [0, 0.1) is 0 Å². The van der Waals surface area contributed by atoms with Crippen LogP contribution >= 0.6 is 0 Å². The number of hydrogen-bond acceptors (Lipinski definition) is 3. The number of anilines is 1. The minimum atomic E-state index is -0.835. The van der Waals surface area contributed by atoms with Crippen molar-refractivity contribution in [3.05, 3.63) is 24.3 Å². The van der Waals surface area contributed by atoms with Gasteiger partial charge in [0.25, 0.3) is 0 Å². The molecule has 0 amide bonds. The summed E-state index contributed by atoms with van der Waals surface area (Å²) in [6, 6.07) is 6.94. The number of carbonyl (C=O) groups is 1. The van der Waals surface area contributed by atoms with Gasteiger partial charge in [0.15, 0.2) is 0 Å². The predicted octanol–water partition coefficient (Wildman–Crippen LogP) is 2.38. The van der Waals surface area contributed by atoms with Gasteiger partial charge in [0.1, 0.15) is 11.8 Å². The van der Waals surface area contributed by atoms with Gasteiger partial charge in [-0.25, -0.2) is 4.79 Å². The van der Waals surface area contributed by atoms with Gasteiger partial charge in [-0.3, -0.25) is 0 Å². The van der Waals surface area contributed by atoms with Crippen molar-refractivity contribution in [2.45, 2.75) is 26.8 Å². The molecule has 0 spiro atoms. The van der Waals surface area contributed by atoms with E-state index in [1.807, 2.05) is 43.0 Å². The number of rotatable bonds is 6. The first-order chi connectivity index (χ1) is 8.11. The second-order valence-corrected chi connectivity index (χ2v) is 3.70. The zero-order chi connectivity index (χ0) is 12.8. The molecule has 0 bridgehead atoms. The molecule has 0 radical (unpaired) electrons. The minimum Gasteiger partial charge on any atom is -0.492 e. The number of nitrogens with zero attached hydrogens (tertiary/aromatic N) is 1. The maximum atomic E-state index is 11.1. The van der Waals surface area contributed by atoms with Gasteiger partial charge >= 0.3 is 5.97 Å². The highest BCUT2D eigenvalue weighted by Gasteiger charge is 2.21. The smallest absolute Gasteiger partial charge is 0.326 e. The fourth-order valence-electron chi connectivity index (χ4n) is 1.76. The van der Waals surface area contributed by atoms with Gasteiger partial charge < -0.3 is 14.7 Å². The summed E-state index contributed by atoms with van der Waals surface area (Å²) in [6.07, 6.45) is 0. The fraction of sp³-hybridized carbons (Fsp3) is 0.462. The largest absolute Gasteiger partial charge is 0.492 e. The van der Waals surface area contributed by atoms with Crippen molar-refractivity contribution in [2.24, 2.45) is 0 Å². The van der Waals surface area contributed by atoms with E-state index in [0.717, 1.165) is 11.4 Å². The number of likely N-dealkylation sites (N-methyl/N-ethyl adjacent to an activating group) is 1. The van der Waals surface area contributed by atoms with E-state index >= 15 is 0 Å². The van der Waals surface area contributed by atoms with E-state index in [0.29, 0.717) is 13.2 Å². The standard InChI is InChI=1S/C13H19NO3/c1-4-14(10(3)13(15)16)11-8-6-7-9-12(11)17-5-2/h6-10H,4-5H2,1-3H3,(H,15,16). The monoisotopic (exact) mass is 237 g/mol. The summed E-state index contributed by atoms with van der Waals surface area (Å²) < 4.78 is 5.52. The van der Waals surface area contributed by atoms with Crippen LogP contribution in [0.25, 0.3) is 0 Å². The van der Waals surface area contributed by atoms with Gasteiger partial charge in [-0.2, -0.15) is 0 Å². The van der Waals surface area contributed by atoms with Crippen LogP contribution in [0.5, 0.6) is 5.75 Å². The van der Waals surface area contributed by atoms with Crippen molar-refractivity contribution < 1.29 is 14.6 Å². The van der Waals surface area contributed by atoms with Crippen LogP contribution in [-0.2, 0) is 4.79 Å². The number of ether oxygens (including phenoxy) is 1. The molecule has 1 aromatic carbocycles. The van der Waals surface area contributed by atoms with E-state index in [9.17, 15) is 4.79 Å². The number of benzene rings is 1. The molecule has 0 aliphatic heterocycles. The Balaban J connectivity index is 3.06. The molecule has 1 unspecified atom stereocenters. The zero-order valence-electron chi connectivity index (χ0n) is 10.5. The number of carboxylic acid groups (broad SMARTS) is 1. The van der Waals surface area contributed by atoms with Crippen LogP contribution in [0.4, 0.5) is 5.69 Å². The molecule has 4 heteroatoms. The third kappa shape index (κ3) is 3.12. The van der Waals surface area contributed by atoms with E-state index < -0.39 is 12.0 Å². The number of para-hydroxylation sites is 2. The number of hydrogen-bond donors (Lipinski definition) is 1. The van der Waals surface area contributed by atoms with Crippen molar-refractivity contribution in [3.8, 4) is 5.75 Å². The van der Waals surface area contributed by atoms with Crippen molar-refractivity contribution in [1.29, 1.82) is 0 Å². The van der Waals surface area contributed by atoms with Gasteiger partial charge in [-0.15, -0.1) is 0 Å². The number of carboxylic acids is 1. The lowest BCUT2D eigenvalue weighted by molar-refractivity contribution is -0.138. The first kappa shape index (κ1) is 13.4. The molecule has 0 heterocycles. The van der Waals surface area contributed by atoms with Crippen molar-refractivity contribution in [1.82, 2.24) is 0 Å². The average molecular weight is 237 g/mol. The molecule has 1 N–H and O–H groups in total. The van der Waals surface area contributed by atoms with Crippen LogP contribution in [0.2, 0.25) is 0 Å². The molecule has 0 saturated carbocycles. The molecule has 17 heavy (non-hydrogen) atoms. The SMILES string of the molecule is CCOc1ccccc1N(CC)C(C)C(=O)O. The normalized spacial score (nSPS) is 11.9. The van der Waals surface area contributed by atoms with Crippen LogP contribution in [0.15, 0.2) is 24.3 Å². The van der Waals surface area contributed by atoms with E-state index in [4.69, 9.17) is 9.84 Å². The van der Waals surface area contributed by atoms with Crippen LogP contribution in [0.3, 0.4) is 0 Å². The summed E-state index contributed by atoms with van der Waals surface area (Å²) in [7, 11) is 0. The molecule has 1 atom stereocenters. The van der Waals surface area contributed by atoms with Gasteiger partial charge in [-0.1, -0.05) is 12.1 Å². The lowest BCUT2D eigenvalue weighted by Crippen LogP contribution is -2.39.